The first kappa shape index (κ1) is 12.2. The molecule has 0 aromatic carbocycles. The number of hydrogen-bond acceptors (Lipinski definition) is 3. The molecule has 0 unspecified atom stereocenters. The monoisotopic (exact) mass is 243 g/mol. The highest BCUT2D eigenvalue weighted by Crippen LogP contribution is 2.23. The topological polar surface area (TPSA) is 72.6 Å². The predicted molar refractivity (Wildman–Crippen MR) is 69.9 cm³/mol. The fraction of sp³-hybridized carbons (Fsp3) is 0.385. The van der Waals surface area contributed by atoms with E-state index in [1.807, 2.05) is 36.2 Å². The van der Waals surface area contributed by atoms with Crippen LogP contribution < -0.4 is 5.73 Å². The number of rotatable bonds is 3. The van der Waals surface area contributed by atoms with Gasteiger partial charge in [0.05, 0.1) is 5.56 Å². The molecule has 0 saturated carbocycles. The normalized spacial score (nSPS) is 10.6. The summed E-state index contributed by atoms with van der Waals surface area (Å²) >= 11 is 0. The van der Waals surface area contributed by atoms with Gasteiger partial charge >= 0.3 is 0 Å². The van der Waals surface area contributed by atoms with Crippen LogP contribution in [0.25, 0.3) is 0 Å². The molecule has 0 aliphatic rings. The summed E-state index contributed by atoms with van der Waals surface area (Å²) < 4.78 is 3.86. The molecule has 2 heterocycles. The van der Waals surface area contributed by atoms with Crippen molar-refractivity contribution in [1.82, 2.24) is 14.3 Å². The Morgan fingerprint density at radius 2 is 2.17 bits per heavy atom. The second-order valence-electron chi connectivity index (χ2n) is 4.43. The van der Waals surface area contributed by atoms with Gasteiger partial charge in [-0.3, -0.25) is 4.68 Å². The van der Waals surface area contributed by atoms with E-state index in [2.05, 4.69) is 11.2 Å². The second kappa shape index (κ2) is 4.57. The Morgan fingerprint density at radius 3 is 2.67 bits per heavy atom. The Bertz CT molecular complexity index is 612. The first-order valence-electron chi connectivity index (χ1n) is 5.88. The standard InChI is InChI=1S/C13H17N5/c1-9-10(2)18(13(15)12(9)8-14)7-5-11-4-6-16-17(11)3/h4,6H,5,7,15H2,1-3H3. The quantitative estimate of drug-likeness (QED) is 0.888. The third kappa shape index (κ3) is 1.86. The minimum Gasteiger partial charge on any atom is -0.384 e. The van der Waals surface area contributed by atoms with Crippen LogP contribution >= 0.6 is 0 Å². The molecule has 94 valence electrons. The van der Waals surface area contributed by atoms with Gasteiger partial charge in [-0.1, -0.05) is 0 Å². The van der Waals surface area contributed by atoms with E-state index in [-0.39, 0.29) is 0 Å². The molecule has 5 heteroatoms. The first-order valence-corrected chi connectivity index (χ1v) is 5.88. The van der Waals surface area contributed by atoms with Crippen LogP contribution in [0.1, 0.15) is 22.5 Å². The van der Waals surface area contributed by atoms with Crippen molar-refractivity contribution in [1.29, 1.82) is 5.26 Å². The van der Waals surface area contributed by atoms with E-state index in [0.29, 0.717) is 11.4 Å². The third-order valence-electron chi connectivity index (χ3n) is 3.50. The lowest BCUT2D eigenvalue weighted by molar-refractivity contribution is 0.633. The van der Waals surface area contributed by atoms with Crippen molar-refractivity contribution in [3.8, 4) is 6.07 Å². The molecule has 0 radical (unpaired) electrons. The highest BCUT2D eigenvalue weighted by molar-refractivity contribution is 5.57. The van der Waals surface area contributed by atoms with Gasteiger partial charge in [-0.05, 0) is 25.5 Å². The fourth-order valence-electron chi connectivity index (χ4n) is 2.19. The molecule has 0 spiro atoms. The third-order valence-corrected chi connectivity index (χ3v) is 3.50. The summed E-state index contributed by atoms with van der Waals surface area (Å²) in [7, 11) is 1.92. The van der Waals surface area contributed by atoms with Crippen molar-refractivity contribution in [2.45, 2.75) is 26.8 Å². The maximum Gasteiger partial charge on any atom is 0.122 e. The average molecular weight is 243 g/mol. The summed E-state index contributed by atoms with van der Waals surface area (Å²) in [5.41, 5.74) is 9.79. The lowest BCUT2D eigenvalue weighted by Crippen LogP contribution is -2.09. The minimum atomic E-state index is 0.565. The number of aryl methyl sites for hydroxylation is 2. The molecule has 0 aliphatic heterocycles. The molecule has 0 amide bonds. The lowest BCUT2D eigenvalue weighted by atomic mass is 10.2. The average Bonchev–Trinajstić information content (AvgIpc) is 2.83. The molecule has 18 heavy (non-hydrogen) atoms. The summed E-state index contributed by atoms with van der Waals surface area (Å²) in [4.78, 5) is 0. The van der Waals surface area contributed by atoms with E-state index in [1.165, 1.54) is 0 Å². The van der Waals surface area contributed by atoms with Crippen LogP contribution in [0.2, 0.25) is 0 Å². The SMILES string of the molecule is Cc1c(C#N)c(N)n(CCc2ccnn2C)c1C. The molecule has 0 atom stereocenters. The van der Waals surface area contributed by atoms with E-state index in [9.17, 15) is 0 Å². The number of hydrogen-bond donors (Lipinski definition) is 1. The molecular formula is C13H17N5. The van der Waals surface area contributed by atoms with Crippen molar-refractivity contribution in [2.75, 3.05) is 5.73 Å². The maximum atomic E-state index is 9.08. The van der Waals surface area contributed by atoms with Crippen LogP contribution in [0.4, 0.5) is 5.82 Å². The largest absolute Gasteiger partial charge is 0.384 e. The number of anilines is 1. The van der Waals surface area contributed by atoms with E-state index < -0.39 is 0 Å². The van der Waals surface area contributed by atoms with Gasteiger partial charge in [0.1, 0.15) is 11.9 Å². The molecule has 2 aromatic rings. The molecule has 0 aliphatic carbocycles. The van der Waals surface area contributed by atoms with Crippen molar-refractivity contribution < 1.29 is 0 Å². The Morgan fingerprint density at radius 1 is 1.44 bits per heavy atom. The van der Waals surface area contributed by atoms with Crippen molar-refractivity contribution in [3.05, 3.63) is 34.8 Å². The Balaban J connectivity index is 2.26. The first-order chi connectivity index (χ1) is 8.56. The van der Waals surface area contributed by atoms with Crippen LogP contribution in [0, 0.1) is 25.2 Å². The number of nitrogens with zero attached hydrogens (tertiary/aromatic N) is 4. The fourth-order valence-corrected chi connectivity index (χ4v) is 2.19. The summed E-state index contributed by atoms with van der Waals surface area (Å²) in [6.45, 7) is 4.69. The number of aromatic nitrogens is 3. The number of nitrogen functional groups attached to an aromatic ring is 1. The van der Waals surface area contributed by atoms with Crippen LogP contribution in [0.15, 0.2) is 12.3 Å². The Kier molecular flexibility index (Phi) is 3.11. The van der Waals surface area contributed by atoms with Gasteiger partial charge in [-0.25, -0.2) is 0 Å². The lowest BCUT2D eigenvalue weighted by Gasteiger charge is -2.09. The van der Waals surface area contributed by atoms with Gasteiger partial charge in [0.25, 0.3) is 0 Å². The van der Waals surface area contributed by atoms with Crippen molar-refractivity contribution >= 4 is 5.82 Å². The summed E-state index contributed by atoms with van der Waals surface area (Å²) in [5.74, 6) is 0.565. The Labute approximate surface area is 106 Å². The van der Waals surface area contributed by atoms with Crippen LogP contribution in [-0.2, 0) is 20.0 Å². The molecule has 5 nitrogen and oxygen atoms in total. The Hall–Kier alpha value is -2.22. The minimum absolute atomic E-state index is 0.565. The second-order valence-corrected chi connectivity index (χ2v) is 4.43. The van der Waals surface area contributed by atoms with Crippen LogP contribution in [-0.4, -0.2) is 14.3 Å². The van der Waals surface area contributed by atoms with Gasteiger partial charge in [0, 0.05) is 37.6 Å². The summed E-state index contributed by atoms with van der Waals surface area (Å²) in [5, 5.41) is 13.2. The predicted octanol–water partition coefficient (Wildman–Crippen LogP) is 1.54. The van der Waals surface area contributed by atoms with E-state index in [4.69, 9.17) is 11.0 Å². The summed E-state index contributed by atoms with van der Waals surface area (Å²) in [6.07, 6.45) is 2.63. The van der Waals surface area contributed by atoms with Crippen LogP contribution in [0.5, 0.6) is 0 Å². The highest BCUT2D eigenvalue weighted by atomic mass is 15.3. The van der Waals surface area contributed by atoms with E-state index in [0.717, 1.165) is 29.9 Å². The van der Waals surface area contributed by atoms with Gasteiger partial charge in [0.15, 0.2) is 0 Å². The van der Waals surface area contributed by atoms with Gasteiger partial charge in [-0.15, -0.1) is 0 Å². The summed E-state index contributed by atoms with van der Waals surface area (Å²) in [6, 6.07) is 4.16. The maximum absolute atomic E-state index is 9.08. The molecule has 2 rings (SSSR count). The molecule has 2 N–H and O–H groups in total. The molecule has 0 bridgehead atoms. The zero-order chi connectivity index (χ0) is 13.3. The van der Waals surface area contributed by atoms with Gasteiger partial charge in [0.2, 0.25) is 0 Å². The van der Waals surface area contributed by atoms with E-state index in [1.54, 1.807) is 6.20 Å². The molecule has 0 fully saturated rings. The molecule has 0 saturated heterocycles. The zero-order valence-corrected chi connectivity index (χ0v) is 10.9. The van der Waals surface area contributed by atoms with Crippen molar-refractivity contribution in [3.63, 3.8) is 0 Å². The molecule has 2 aromatic heterocycles. The smallest absolute Gasteiger partial charge is 0.122 e. The van der Waals surface area contributed by atoms with Crippen molar-refractivity contribution in [2.24, 2.45) is 7.05 Å². The highest BCUT2D eigenvalue weighted by Gasteiger charge is 2.14. The van der Waals surface area contributed by atoms with Crippen LogP contribution in [0.3, 0.4) is 0 Å². The zero-order valence-electron chi connectivity index (χ0n) is 10.9. The number of nitriles is 1. The van der Waals surface area contributed by atoms with Gasteiger partial charge in [-0.2, -0.15) is 10.4 Å². The van der Waals surface area contributed by atoms with Gasteiger partial charge < -0.3 is 10.3 Å². The number of nitrogens with two attached hydrogens (primary N) is 1. The van der Waals surface area contributed by atoms with E-state index >= 15 is 0 Å². The molecular weight excluding hydrogens is 226 g/mol.